The maximum Gasteiger partial charge on any atom is 0.227 e. The molecule has 0 aliphatic carbocycles. The number of piperidine rings is 1. The number of carbonyl (C=O) groups excluding carboxylic acids is 2. The van der Waals surface area contributed by atoms with Gasteiger partial charge in [-0.25, -0.2) is 4.39 Å². The maximum absolute atomic E-state index is 13.0. The Bertz CT molecular complexity index is 528. The highest BCUT2D eigenvalue weighted by atomic mass is 35.5. The Labute approximate surface area is 121 Å². The van der Waals surface area contributed by atoms with Gasteiger partial charge in [0.15, 0.2) is 0 Å². The van der Waals surface area contributed by atoms with Gasteiger partial charge in [-0.1, -0.05) is 11.6 Å². The van der Waals surface area contributed by atoms with E-state index in [-0.39, 0.29) is 22.8 Å². The summed E-state index contributed by atoms with van der Waals surface area (Å²) in [6, 6.07) is 4.08. The molecule has 1 aliphatic heterocycles. The van der Waals surface area contributed by atoms with Crippen LogP contribution in [0.2, 0.25) is 5.02 Å². The van der Waals surface area contributed by atoms with Gasteiger partial charge in [-0.2, -0.15) is 0 Å². The molecule has 1 N–H and O–H groups in total. The molecular formula is C14H16ClFN2O2. The van der Waals surface area contributed by atoms with Crippen LogP contribution in [0.1, 0.15) is 19.8 Å². The molecule has 0 atom stereocenters. The molecule has 20 heavy (non-hydrogen) atoms. The Morgan fingerprint density at radius 1 is 1.35 bits per heavy atom. The van der Waals surface area contributed by atoms with E-state index >= 15 is 0 Å². The van der Waals surface area contributed by atoms with Crippen molar-refractivity contribution in [2.45, 2.75) is 19.8 Å². The molecule has 1 aromatic rings. The number of rotatable bonds is 2. The third kappa shape index (κ3) is 3.48. The third-order valence-electron chi connectivity index (χ3n) is 3.50. The Morgan fingerprint density at radius 2 is 2.00 bits per heavy atom. The van der Waals surface area contributed by atoms with Crippen molar-refractivity contribution in [2.24, 2.45) is 5.92 Å². The lowest BCUT2D eigenvalue weighted by Gasteiger charge is -2.30. The first-order valence-corrected chi connectivity index (χ1v) is 6.86. The molecule has 4 nitrogen and oxygen atoms in total. The topological polar surface area (TPSA) is 49.4 Å². The van der Waals surface area contributed by atoms with E-state index < -0.39 is 5.82 Å². The second-order valence-corrected chi connectivity index (χ2v) is 5.31. The van der Waals surface area contributed by atoms with Crippen molar-refractivity contribution < 1.29 is 14.0 Å². The SMILES string of the molecule is CC(=O)N1CCC(C(=O)Nc2ccc(F)c(Cl)c2)CC1. The summed E-state index contributed by atoms with van der Waals surface area (Å²) in [5.41, 5.74) is 0.482. The van der Waals surface area contributed by atoms with E-state index in [9.17, 15) is 14.0 Å². The van der Waals surface area contributed by atoms with Gasteiger partial charge in [0.1, 0.15) is 5.82 Å². The predicted molar refractivity (Wildman–Crippen MR) is 75.0 cm³/mol. The summed E-state index contributed by atoms with van der Waals surface area (Å²) in [5, 5.41) is 2.71. The predicted octanol–water partition coefficient (Wildman–Crippen LogP) is 2.68. The van der Waals surface area contributed by atoms with E-state index in [4.69, 9.17) is 11.6 Å². The quantitative estimate of drug-likeness (QED) is 0.912. The van der Waals surface area contributed by atoms with Gasteiger partial charge in [0.2, 0.25) is 11.8 Å². The number of hydrogen-bond donors (Lipinski definition) is 1. The number of carbonyl (C=O) groups is 2. The largest absolute Gasteiger partial charge is 0.343 e. The first-order chi connectivity index (χ1) is 9.47. The highest BCUT2D eigenvalue weighted by molar-refractivity contribution is 6.31. The average Bonchev–Trinajstić information content (AvgIpc) is 2.43. The van der Waals surface area contributed by atoms with Gasteiger partial charge in [0.05, 0.1) is 5.02 Å². The molecule has 0 spiro atoms. The minimum atomic E-state index is -0.514. The van der Waals surface area contributed by atoms with Gasteiger partial charge in [0, 0.05) is 31.6 Å². The van der Waals surface area contributed by atoms with Crippen LogP contribution in [0.4, 0.5) is 10.1 Å². The summed E-state index contributed by atoms with van der Waals surface area (Å²) in [5.74, 6) is -0.723. The Morgan fingerprint density at radius 3 is 2.55 bits per heavy atom. The van der Waals surface area contributed by atoms with Crippen molar-refractivity contribution in [2.75, 3.05) is 18.4 Å². The van der Waals surface area contributed by atoms with Crippen LogP contribution in [0, 0.1) is 11.7 Å². The van der Waals surface area contributed by atoms with E-state index in [1.54, 1.807) is 4.90 Å². The number of anilines is 1. The minimum absolute atomic E-state index is 0.0193. The zero-order chi connectivity index (χ0) is 14.7. The van der Waals surface area contributed by atoms with Gasteiger partial charge < -0.3 is 10.2 Å². The summed E-state index contributed by atoms with van der Waals surface area (Å²) in [6.07, 6.45) is 1.28. The number of amides is 2. The summed E-state index contributed by atoms with van der Waals surface area (Å²) in [7, 11) is 0. The number of likely N-dealkylation sites (tertiary alicyclic amines) is 1. The average molecular weight is 299 g/mol. The number of hydrogen-bond acceptors (Lipinski definition) is 2. The van der Waals surface area contributed by atoms with Crippen LogP contribution in [0.25, 0.3) is 0 Å². The summed E-state index contributed by atoms with van der Waals surface area (Å²) >= 11 is 5.67. The van der Waals surface area contributed by atoms with Gasteiger partial charge >= 0.3 is 0 Å². The molecule has 1 heterocycles. The van der Waals surface area contributed by atoms with Crippen LogP contribution in [0.5, 0.6) is 0 Å². The zero-order valence-electron chi connectivity index (χ0n) is 11.2. The Kier molecular flexibility index (Phi) is 4.60. The van der Waals surface area contributed by atoms with Crippen molar-refractivity contribution in [1.29, 1.82) is 0 Å². The van der Waals surface area contributed by atoms with Crippen LogP contribution >= 0.6 is 11.6 Å². The Balaban J connectivity index is 1.92. The van der Waals surface area contributed by atoms with Crippen LogP contribution in [-0.2, 0) is 9.59 Å². The van der Waals surface area contributed by atoms with Crippen LogP contribution in [0.15, 0.2) is 18.2 Å². The molecule has 0 radical (unpaired) electrons. The van der Waals surface area contributed by atoms with Crippen molar-refractivity contribution >= 4 is 29.1 Å². The number of benzene rings is 1. The monoisotopic (exact) mass is 298 g/mol. The highest BCUT2D eigenvalue weighted by Crippen LogP contribution is 2.22. The number of halogens is 2. The molecular weight excluding hydrogens is 283 g/mol. The molecule has 1 fully saturated rings. The van der Waals surface area contributed by atoms with Crippen molar-refractivity contribution in [1.82, 2.24) is 4.90 Å². The molecule has 2 amide bonds. The van der Waals surface area contributed by atoms with Crippen molar-refractivity contribution in [3.05, 3.63) is 29.0 Å². The van der Waals surface area contributed by atoms with E-state index in [0.29, 0.717) is 31.6 Å². The molecule has 1 saturated heterocycles. The molecule has 0 saturated carbocycles. The number of nitrogens with zero attached hydrogens (tertiary/aromatic N) is 1. The second kappa shape index (κ2) is 6.22. The van der Waals surface area contributed by atoms with E-state index in [0.717, 1.165) is 0 Å². The highest BCUT2D eigenvalue weighted by Gasteiger charge is 2.26. The first kappa shape index (κ1) is 14.8. The lowest BCUT2D eigenvalue weighted by atomic mass is 9.96. The molecule has 0 aromatic heterocycles. The normalized spacial score (nSPS) is 16.1. The lowest BCUT2D eigenvalue weighted by molar-refractivity contribution is -0.132. The van der Waals surface area contributed by atoms with E-state index in [1.165, 1.54) is 25.1 Å². The summed E-state index contributed by atoms with van der Waals surface area (Å²) < 4.78 is 13.0. The van der Waals surface area contributed by atoms with E-state index in [1.807, 2.05) is 0 Å². The molecule has 1 aliphatic rings. The maximum atomic E-state index is 13.0. The van der Waals surface area contributed by atoms with Crippen LogP contribution in [0.3, 0.4) is 0 Å². The fourth-order valence-corrected chi connectivity index (χ4v) is 2.46. The fourth-order valence-electron chi connectivity index (χ4n) is 2.27. The zero-order valence-corrected chi connectivity index (χ0v) is 11.9. The van der Waals surface area contributed by atoms with Gasteiger partial charge in [-0.3, -0.25) is 9.59 Å². The minimum Gasteiger partial charge on any atom is -0.343 e. The first-order valence-electron chi connectivity index (χ1n) is 6.49. The van der Waals surface area contributed by atoms with Crippen LogP contribution < -0.4 is 5.32 Å². The molecule has 0 unspecified atom stereocenters. The fraction of sp³-hybridized carbons (Fsp3) is 0.429. The van der Waals surface area contributed by atoms with Gasteiger partial charge in [-0.05, 0) is 31.0 Å². The smallest absolute Gasteiger partial charge is 0.227 e. The summed E-state index contributed by atoms with van der Waals surface area (Å²) in [6.45, 7) is 2.72. The third-order valence-corrected chi connectivity index (χ3v) is 3.79. The van der Waals surface area contributed by atoms with Crippen LogP contribution in [-0.4, -0.2) is 29.8 Å². The molecule has 108 valence electrons. The molecule has 6 heteroatoms. The number of nitrogens with one attached hydrogen (secondary N) is 1. The second-order valence-electron chi connectivity index (χ2n) is 4.90. The van der Waals surface area contributed by atoms with Crippen molar-refractivity contribution in [3.8, 4) is 0 Å². The van der Waals surface area contributed by atoms with Gasteiger partial charge in [0.25, 0.3) is 0 Å². The molecule has 1 aromatic carbocycles. The Hall–Kier alpha value is -1.62. The molecule has 2 rings (SSSR count). The van der Waals surface area contributed by atoms with E-state index in [2.05, 4.69) is 5.32 Å². The standard InChI is InChI=1S/C14H16ClFN2O2/c1-9(19)18-6-4-10(5-7-18)14(20)17-11-2-3-13(16)12(15)8-11/h2-3,8,10H,4-7H2,1H3,(H,17,20). The summed E-state index contributed by atoms with van der Waals surface area (Å²) in [4.78, 5) is 25.0. The molecule has 0 bridgehead atoms. The van der Waals surface area contributed by atoms with Crippen molar-refractivity contribution in [3.63, 3.8) is 0 Å². The van der Waals surface area contributed by atoms with Gasteiger partial charge in [-0.15, -0.1) is 0 Å². The lowest BCUT2D eigenvalue weighted by Crippen LogP contribution is -2.40.